The van der Waals surface area contributed by atoms with Crippen molar-refractivity contribution < 1.29 is 9.21 Å². The van der Waals surface area contributed by atoms with Gasteiger partial charge in [-0.15, -0.1) is 0 Å². The molecule has 31 heavy (non-hydrogen) atoms. The standard InChI is InChI=1S/C25H26N4O2/c1-4-24-28-21-7-5-6-8-22(21)29(24)16-25(30)26-14-13-17(2)19-9-11-20(12-10-19)23-15-27-18(3)31-23/h5-12,15H,2,4,13-14,16H2,1,3H3,(H,26,30). The van der Waals surface area contributed by atoms with E-state index >= 15 is 0 Å². The van der Waals surface area contributed by atoms with E-state index in [0.717, 1.165) is 45.7 Å². The van der Waals surface area contributed by atoms with E-state index in [-0.39, 0.29) is 12.5 Å². The second-order valence-electron chi connectivity index (χ2n) is 7.48. The Balaban J connectivity index is 1.32. The van der Waals surface area contributed by atoms with E-state index in [4.69, 9.17) is 4.42 Å². The minimum absolute atomic E-state index is 0.0262. The van der Waals surface area contributed by atoms with E-state index in [0.29, 0.717) is 18.9 Å². The Hall–Kier alpha value is -3.67. The first-order valence-electron chi connectivity index (χ1n) is 10.5. The van der Waals surface area contributed by atoms with E-state index in [1.54, 1.807) is 6.20 Å². The zero-order valence-electron chi connectivity index (χ0n) is 17.9. The van der Waals surface area contributed by atoms with Gasteiger partial charge in [0, 0.05) is 25.5 Å². The summed E-state index contributed by atoms with van der Waals surface area (Å²) in [6, 6.07) is 15.9. The number of nitrogens with one attached hydrogen (secondary N) is 1. The Morgan fingerprint density at radius 3 is 2.65 bits per heavy atom. The van der Waals surface area contributed by atoms with Crippen LogP contribution < -0.4 is 5.32 Å². The molecule has 0 spiro atoms. The average molecular weight is 415 g/mol. The van der Waals surface area contributed by atoms with Crippen LogP contribution in [-0.2, 0) is 17.8 Å². The summed E-state index contributed by atoms with van der Waals surface area (Å²) in [6.07, 6.45) is 3.18. The normalized spacial score (nSPS) is 11.0. The van der Waals surface area contributed by atoms with Crippen molar-refractivity contribution in [3.63, 3.8) is 0 Å². The Kier molecular flexibility index (Phi) is 5.98. The largest absolute Gasteiger partial charge is 0.441 e. The molecule has 158 valence electrons. The number of hydrogen-bond donors (Lipinski definition) is 1. The van der Waals surface area contributed by atoms with E-state index in [1.807, 2.05) is 60.0 Å². The maximum absolute atomic E-state index is 12.5. The van der Waals surface area contributed by atoms with Gasteiger partial charge in [-0.2, -0.15) is 0 Å². The van der Waals surface area contributed by atoms with Gasteiger partial charge in [-0.3, -0.25) is 4.79 Å². The predicted octanol–water partition coefficient (Wildman–Crippen LogP) is 4.78. The third-order valence-electron chi connectivity index (χ3n) is 5.30. The third-order valence-corrected chi connectivity index (χ3v) is 5.30. The summed E-state index contributed by atoms with van der Waals surface area (Å²) in [4.78, 5) is 21.3. The number of hydrogen-bond acceptors (Lipinski definition) is 4. The molecule has 0 atom stereocenters. The Labute approximate surface area is 181 Å². The molecule has 0 unspecified atom stereocenters. The van der Waals surface area contributed by atoms with Gasteiger partial charge in [-0.25, -0.2) is 9.97 Å². The summed E-state index contributed by atoms with van der Waals surface area (Å²) in [5.74, 6) is 2.29. The van der Waals surface area contributed by atoms with Gasteiger partial charge in [0.25, 0.3) is 0 Å². The van der Waals surface area contributed by atoms with E-state index < -0.39 is 0 Å². The summed E-state index contributed by atoms with van der Waals surface area (Å²) in [5, 5.41) is 3.01. The molecule has 0 radical (unpaired) electrons. The van der Waals surface area contributed by atoms with Crippen LogP contribution in [0, 0.1) is 6.92 Å². The lowest BCUT2D eigenvalue weighted by Gasteiger charge is -2.11. The molecule has 1 amide bonds. The molecule has 0 aliphatic carbocycles. The van der Waals surface area contributed by atoms with Gasteiger partial charge in [0.05, 0.1) is 17.2 Å². The quantitative estimate of drug-likeness (QED) is 0.450. The Morgan fingerprint density at radius 1 is 1.16 bits per heavy atom. The zero-order chi connectivity index (χ0) is 21.8. The van der Waals surface area contributed by atoms with Crippen LogP contribution in [0.2, 0.25) is 0 Å². The first kappa shape index (κ1) is 20.6. The number of aromatic nitrogens is 3. The number of oxazole rings is 1. The fourth-order valence-electron chi connectivity index (χ4n) is 3.63. The van der Waals surface area contributed by atoms with Crippen LogP contribution in [0.4, 0.5) is 0 Å². The number of aryl methyl sites for hydroxylation is 2. The molecular weight excluding hydrogens is 388 g/mol. The molecule has 4 rings (SSSR count). The molecule has 0 bridgehead atoms. The molecule has 0 fully saturated rings. The number of nitrogens with zero attached hydrogens (tertiary/aromatic N) is 3. The molecule has 4 aromatic rings. The highest BCUT2D eigenvalue weighted by atomic mass is 16.4. The van der Waals surface area contributed by atoms with E-state index in [9.17, 15) is 4.79 Å². The lowest BCUT2D eigenvalue weighted by molar-refractivity contribution is -0.121. The summed E-state index contributed by atoms with van der Waals surface area (Å²) < 4.78 is 7.55. The monoisotopic (exact) mass is 414 g/mol. The van der Waals surface area contributed by atoms with Crippen LogP contribution >= 0.6 is 0 Å². The second-order valence-corrected chi connectivity index (χ2v) is 7.48. The van der Waals surface area contributed by atoms with Crippen LogP contribution in [0.15, 0.2) is 65.7 Å². The van der Waals surface area contributed by atoms with Crippen molar-refractivity contribution >= 4 is 22.5 Å². The fourth-order valence-corrected chi connectivity index (χ4v) is 3.63. The van der Waals surface area contributed by atoms with E-state index in [2.05, 4.69) is 28.8 Å². The van der Waals surface area contributed by atoms with Gasteiger partial charge in [-0.1, -0.05) is 49.9 Å². The van der Waals surface area contributed by atoms with Gasteiger partial charge in [-0.05, 0) is 29.7 Å². The highest BCUT2D eigenvalue weighted by Gasteiger charge is 2.12. The van der Waals surface area contributed by atoms with Gasteiger partial charge in [0.2, 0.25) is 5.91 Å². The highest BCUT2D eigenvalue weighted by Crippen LogP contribution is 2.23. The number of rotatable bonds is 8. The minimum atomic E-state index is -0.0262. The van der Waals surface area contributed by atoms with Crippen molar-refractivity contribution in [3.05, 3.63) is 78.6 Å². The SMILES string of the molecule is C=C(CCNC(=O)Cn1c(CC)nc2ccccc21)c1ccc(-c2cnc(C)o2)cc1. The number of amides is 1. The highest BCUT2D eigenvalue weighted by molar-refractivity contribution is 5.81. The second kappa shape index (κ2) is 9.00. The first-order chi connectivity index (χ1) is 15.0. The molecule has 6 heteroatoms. The van der Waals surface area contributed by atoms with Gasteiger partial charge < -0.3 is 14.3 Å². The lowest BCUT2D eigenvalue weighted by atomic mass is 10.0. The van der Waals surface area contributed by atoms with Crippen LogP contribution in [0.3, 0.4) is 0 Å². The first-order valence-corrected chi connectivity index (χ1v) is 10.5. The average Bonchev–Trinajstić information content (AvgIpc) is 3.37. The number of fused-ring (bicyclic) bond motifs is 1. The number of benzene rings is 2. The Morgan fingerprint density at radius 2 is 1.94 bits per heavy atom. The van der Waals surface area contributed by atoms with Gasteiger partial charge >= 0.3 is 0 Å². The third kappa shape index (κ3) is 4.58. The van der Waals surface area contributed by atoms with Crippen molar-refractivity contribution in [2.75, 3.05) is 6.54 Å². The lowest BCUT2D eigenvalue weighted by Crippen LogP contribution is -2.29. The van der Waals surface area contributed by atoms with Crippen molar-refractivity contribution in [3.8, 4) is 11.3 Å². The fraction of sp³-hybridized carbons (Fsp3) is 0.240. The minimum Gasteiger partial charge on any atom is -0.441 e. The molecule has 0 aliphatic heterocycles. The van der Waals surface area contributed by atoms with Crippen molar-refractivity contribution in [1.29, 1.82) is 0 Å². The zero-order valence-corrected chi connectivity index (χ0v) is 17.9. The summed E-state index contributed by atoms with van der Waals surface area (Å²) in [7, 11) is 0. The maximum atomic E-state index is 12.5. The van der Waals surface area contributed by atoms with Crippen molar-refractivity contribution in [2.45, 2.75) is 33.2 Å². The van der Waals surface area contributed by atoms with Crippen LogP contribution in [0.5, 0.6) is 0 Å². The summed E-state index contributed by atoms with van der Waals surface area (Å²) >= 11 is 0. The van der Waals surface area contributed by atoms with Crippen LogP contribution in [0.25, 0.3) is 27.9 Å². The van der Waals surface area contributed by atoms with Crippen LogP contribution in [0.1, 0.15) is 30.6 Å². The molecule has 1 N–H and O–H groups in total. The molecule has 2 aromatic heterocycles. The van der Waals surface area contributed by atoms with Crippen molar-refractivity contribution in [1.82, 2.24) is 19.9 Å². The summed E-state index contributed by atoms with van der Waals surface area (Å²) in [5.41, 5.74) is 4.90. The molecule has 0 saturated heterocycles. The van der Waals surface area contributed by atoms with Gasteiger partial charge in [0.1, 0.15) is 12.4 Å². The van der Waals surface area contributed by atoms with Crippen molar-refractivity contribution in [2.24, 2.45) is 0 Å². The number of carbonyl (C=O) groups excluding carboxylic acids is 1. The topological polar surface area (TPSA) is 73.0 Å². The number of carbonyl (C=O) groups is 1. The molecule has 6 nitrogen and oxygen atoms in total. The smallest absolute Gasteiger partial charge is 0.240 e. The predicted molar refractivity (Wildman–Crippen MR) is 122 cm³/mol. The molecular formula is C25H26N4O2. The molecule has 2 aromatic carbocycles. The van der Waals surface area contributed by atoms with Crippen LogP contribution in [-0.4, -0.2) is 27.0 Å². The molecule has 0 aliphatic rings. The summed E-state index contributed by atoms with van der Waals surface area (Å²) in [6.45, 7) is 8.85. The Bertz CT molecular complexity index is 1220. The van der Waals surface area contributed by atoms with E-state index in [1.165, 1.54) is 0 Å². The maximum Gasteiger partial charge on any atom is 0.240 e. The number of imidazole rings is 1. The number of para-hydroxylation sites is 2. The van der Waals surface area contributed by atoms with Gasteiger partial charge in [0.15, 0.2) is 11.7 Å². The molecule has 2 heterocycles. The molecule has 0 saturated carbocycles.